The predicted molar refractivity (Wildman–Crippen MR) is 81.4 cm³/mol. The van der Waals surface area contributed by atoms with Crippen molar-refractivity contribution in [3.63, 3.8) is 0 Å². The predicted octanol–water partition coefficient (Wildman–Crippen LogP) is 1.09. The quantitative estimate of drug-likeness (QED) is 0.776. The number of hydrogen-bond donors (Lipinski definition) is 0. The van der Waals surface area contributed by atoms with Crippen LogP contribution in [0.3, 0.4) is 0 Å². The average molecular weight is 300 g/mol. The molecule has 0 spiro atoms. The molecular formula is C16H20N4O2. The Morgan fingerprint density at radius 3 is 3.00 bits per heavy atom. The van der Waals surface area contributed by atoms with Gasteiger partial charge in [0.25, 0.3) is 0 Å². The first-order chi connectivity index (χ1) is 10.6. The summed E-state index contributed by atoms with van der Waals surface area (Å²) in [5.41, 5.74) is 1.34. The van der Waals surface area contributed by atoms with E-state index in [1.807, 2.05) is 24.0 Å². The molecule has 2 aliphatic heterocycles. The standard InChI is InChI=1S/C16H20N4O2/c1-11-3-4-16(18-13(11)9-17)19-6-5-15-14(10-19)20(12(2)21)7-8-22-15/h3-4,14-15H,5-8,10H2,1-2H3. The van der Waals surface area contributed by atoms with Gasteiger partial charge >= 0.3 is 0 Å². The summed E-state index contributed by atoms with van der Waals surface area (Å²) in [5, 5.41) is 9.14. The molecule has 0 bridgehead atoms. The number of hydrogen-bond acceptors (Lipinski definition) is 5. The van der Waals surface area contributed by atoms with Crippen LogP contribution >= 0.6 is 0 Å². The second kappa shape index (κ2) is 5.93. The fourth-order valence-electron chi connectivity index (χ4n) is 3.28. The number of pyridine rings is 1. The van der Waals surface area contributed by atoms with Crippen molar-refractivity contribution in [1.82, 2.24) is 9.88 Å². The molecule has 6 nitrogen and oxygen atoms in total. The second-order valence-electron chi connectivity index (χ2n) is 5.87. The highest BCUT2D eigenvalue weighted by Gasteiger charge is 2.38. The fraction of sp³-hybridized carbons (Fsp3) is 0.562. The number of nitrogens with zero attached hydrogens (tertiary/aromatic N) is 4. The van der Waals surface area contributed by atoms with Crippen LogP contribution in [0.25, 0.3) is 0 Å². The topological polar surface area (TPSA) is 69.5 Å². The smallest absolute Gasteiger partial charge is 0.219 e. The Labute approximate surface area is 130 Å². The van der Waals surface area contributed by atoms with E-state index in [-0.39, 0.29) is 18.1 Å². The van der Waals surface area contributed by atoms with Gasteiger partial charge in [0.1, 0.15) is 17.6 Å². The minimum absolute atomic E-state index is 0.0636. The molecule has 1 aromatic rings. The summed E-state index contributed by atoms with van der Waals surface area (Å²) in [6, 6.07) is 6.06. The van der Waals surface area contributed by atoms with E-state index in [0.717, 1.165) is 24.3 Å². The van der Waals surface area contributed by atoms with Crippen molar-refractivity contribution in [1.29, 1.82) is 5.26 Å². The summed E-state index contributed by atoms with van der Waals surface area (Å²) in [6.07, 6.45) is 0.973. The summed E-state index contributed by atoms with van der Waals surface area (Å²) >= 11 is 0. The lowest BCUT2D eigenvalue weighted by atomic mass is 9.98. The Morgan fingerprint density at radius 1 is 1.45 bits per heavy atom. The molecule has 0 aliphatic carbocycles. The van der Waals surface area contributed by atoms with Crippen molar-refractivity contribution in [2.45, 2.75) is 32.4 Å². The van der Waals surface area contributed by atoms with Crippen molar-refractivity contribution < 1.29 is 9.53 Å². The van der Waals surface area contributed by atoms with Crippen molar-refractivity contribution in [2.24, 2.45) is 0 Å². The SMILES string of the molecule is CC(=O)N1CCOC2CCN(c3ccc(C)c(C#N)n3)CC21. The third kappa shape index (κ3) is 2.64. The first-order valence-electron chi connectivity index (χ1n) is 7.61. The van der Waals surface area contributed by atoms with Gasteiger partial charge in [-0.2, -0.15) is 5.26 Å². The van der Waals surface area contributed by atoms with Crippen LogP contribution < -0.4 is 4.90 Å². The number of piperidine rings is 1. The molecule has 22 heavy (non-hydrogen) atoms. The van der Waals surface area contributed by atoms with Gasteiger partial charge in [0.2, 0.25) is 5.91 Å². The maximum absolute atomic E-state index is 11.8. The first kappa shape index (κ1) is 14.8. The van der Waals surface area contributed by atoms with Gasteiger partial charge in [-0.05, 0) is 25.0 Å². The van der Waals surface area contributed by atoms with Gasteiger partial charge in [-0.3, -0.25) is 4.79 Å². The van der Waals surface area contributed by atoms with Crippen molar-refractivity contribution >= 4 is 11.7 Å². The van der Waals surface area contributed by atoms with Gasteiger partial charge in [0, 0.05) is 26.6 Å². The van der Waals surface area contributed by atoms with Crippen LogP contribution in [0.15, 0.2) is 12.1 Å². The number of morpholine rings is 1. The molecule has 6 heteroatoms. The highest BCUT2D eigenvalue weighted by atomic mass is 16.5. The highest BCUT2D eigenvalue weighted by Crippen LogP contribution is 2.26. The van der Waals surface area contributed by atoms with Crippen LogP contribution in [0.5, 0.6) is 0 Å². The first-order valence-corrected chi connectivity index (χ1v) is 7.61. The lowest BCUT2D eigenvalue weighted by Crippen LogP contribution is -2.61. The Hall–Kier alpha value is -2.13. The van der Waals surface area contributed by atoms with Gasteiger partial charge in [-0.1, -0.05) is 6.07 Å². The van der Waals surface area contributed by atoms with E-state index < -0.39 is 0 Å². The number of rotatable bonds is 1. The zero-order valence-corrected chi connectivity index (χ0v) is 13.0. The number of anilines is 1. The van der Waals surface area contributed by atoms with Crippen LogP contribution in [0.1, 0.15) is 24.6 Å². The number of aryl methyl sites for hydroxylation is 1. The number of amides is 1. The fourth-order valence-corrected chi connectivity index (χ4v) is 3.28. The average Bonchev–Trinajstić information content (AvgIpc) is 2.54. The maximum Gasteiger partial charge on any atom is 0.219 e. The van der Waals surface area contributed by atoms with Crippen LogP contribution in [-0.4, -0.2) is 54.2 Å². The summed E-state index contributed by atoms with van der Waals surface area (Å²) < 4.78 is 5.82. The number of fused-ring (bicyclic) bond motifs is 1. The van der Waals surface area contributed by atoms with Gasteiger partial charge in [0.05, 0.1) is 18.8 Å². The zero-order chi connectivity index (χ0) is 15.7. The minimum Gasteiger partial charge on any atom is -0.374 e. The van der Waals surface area contributed by atoms with E-state index in [1.54, 1.807) is 6.92 Å². The molecule has 3 rings (SSSR count). The highest BCUT2D eigenvalue weighted by molar-refractivity contribution is 5.74. The van der Waals surface area contributed by atoms with Gasteiger partial charge in [-0.25, -0.2) is 4.98 Å². The summed E-state index contributed by atoms with van der Waals surface area (Å²) in [7, 11) is 0. The Balaban J connectivity index is 1.82. The monoisotopic (exact) mass is 300 g/mol. The number of carbonyl (C=O) groups is 1. The van der Waals surface area contributed by atoms with Crippen LogP contribution in [0.2, 0.25) is 0 Å². The van der Waals surface area contributed by atoms with Crippen LogP contribution in [0.4, 0.5) is 5.82 Å². The Morgan fingerprint density at radius 2 is 2.27 bits per heavy atom. The molecule has 2 aliphatic rings. The van der Waals surface area contributed by atoms with Gasteiger partial charge < -0.3 is 14.5 Å². The minimum atomic E-state index is 0.0636. The van der Waals surface area contributed by atoms with Crippen molar-refractivity contribution in [3.05, 3.63) is 23.4 Å². The zero-order valence-electron chi connectivity index (χ0n) is 13.0. The molecule has 2 unspecified atom stereocenters. The number of aromatic nitrogens is 1. The molecular weight excluding hydrogens is 280 g/mol. The summed E-state index contributed by atoms with van der Waals surface area (Å²) in [6.45, 7) is 6.28. The Kier molecular flexibility index (Phi) is 3.99. The molecule has 0 aromatic carbocycles. The molecule has 1 aromatic heterocycles. The molecule has 1 amide bonds. The molecule has 0 N–H and O–H groups in total. The van der Waals surface area contributed by atoms with Crippen molar-refractivity contribution in [3.8, 4) is 6.07 Å². The van der Waals surface area contributed by atoms with Crippen molar-refractivity contribution in [2.75, 3.05) is 31.1 Å². The largest absolute Gasteiger partial charge is 0.374 e. The van der Waals surface area contributed by atoms with E-state index in [2.05, 4.69) is 16.0 Å². The van der Waals surface area contributed by atoms with Gasteiger partial charge in [0.15, 0.2) is 0 Å². The molecule has 0 saturated carbocycles. The van der Waals surface area contributed by atoms with Crippen LogP contribution in [0, 0.1) is 18.3 Å². The van der Waals surface area contributed by atoms with E-state index in [9.17, 15) is 4.79 Å². The number of nitriles is 1. The molecule has 3 heterocycles. The van der Waals surface area contributed by atoms with E-state index in [1.165, 1.54) is 0 Å². The molecule has 2 saturated heterocycles. The van der Waals surface area contributed by atoms with Gasteiger partial charge in [-0.15, -0.1) is 0 Å². The second-order valence-corrected chi connectivity index (χ2v) is 5.87. The lowest BCUT2D eigenvalue weighted by molar-refractivity contribution is -0.145. The molecule has 2 atom stereocenters. The molecule has 116 valence electrons. The summed E-state index contributed by atoms with van der Waals surface area (Å²) in [5.74, 6) is 0.893. The third-order valence-electron chi connectivity index (χ3n) is 4.50. The van der Waals surface area contributed by atoms with E-state index >= 15 is 0 Å². The number of ether oxygens (including phenoxy) is 1. The molecule has 2 fully saturated rings. The maximum atomic E-state index is 11.8. The third-order valence-corrected chi connectivity index (χ3v) is 4.50. The van der Waals surface area contributed by atoms with E-state index in [4.69, 9.17) is 10.00 Å². The summed E-state index contributed by atoms with van der Waals surface area (Å²) in [4.78, 5) is 20.3. The Bertz CT molecular complexity index is 625. The normalized spacial score (nSPS) is 24.6. The van der Waals surface area contributed by atoms with E-state index in [0.29, 0.717) is 25.4 Å². The molecule has 0 radical (unpaired) electrons. The lowest BCUT2D eigenvalue weighted by Gasteiger charge is -2.47. The number of carbonyl (C=O) groups excluding carboxylic acids is 1. The van der Waals surface area contributed by atoms with Crippen LogP contribution in [-0.2, 0) is 9.53 Å².